The largest absolute Gasteiger partial charge is 0.274 e. The molecule has 1 aliphatic heterocycles. The first kappa shape index (κ1) is 24.1. The van der Waals surface area contributed by atoms with Crippen LogP contribution in [0.2, 0.25) is 0 Å². The minimum atomic E-state index is -4.18. The number of anilines is 1. The quantitative estimate of drug-likeness (QED) is 0.572. The summed E-state index contributed by atoms with van der Waals surface area (Å²) in [6.45, 7) is 9.33. The maximum absolute atomic E-state index is 13.6. The van der Waals surface area contributed by atoms with Gasteiger partial charge in [0.2, 0.25) is 15.9 Å². The van der Waals surface area contributed by atoms with E-state index in [1.807, 2.05) is 32.9 Å². The number of amides is 2. The summed E-state index contributed by atoms with van der Waals surface area (Å²) in [6, 6.07) is 10.4. The van der Waals surface area contributed by atoms with Crippen molar-refractivity contribution in [1.82, 2.24) is 4.31 Å². The normalized spacial score (nSPS) is 17.6. The molecule has 0 aromatic heterocycles. The van der Waals surface area contributed by atoms with Crippen LogP contribution >= 0.6 is 0 Å². The molecule has 0 saturated carbocycles. The highest BCUT2D eigenvalue weighted by Crippen LogP contribution is 2.36. The summed E-state index contributed by atoms with van der Waals surface area (Å²) in [5.41, 5.74) is 0.531. The van der Waals surface area contributed by atoms with Crippen molar-refractivity contribution < 1.29 is 22.4 Å². The standard InChI is InChI=1S/C24H29FN2O4S/c1-6-24(4,5)27(32(30,31)20-13-9-18(25)10-14-20)21-15-22(28)26(23(21)29)19-11-7-17(8-12-19)16(2)3/h7-14,16,21H,6,15H2,1-5H3. The zero-order valence-corrected chi connectivity index (χ0v) is 19.8. The number of halogens is 1. The Morgan fingerprint density at radius 3 is 2.12 bits per heavy atom. The predicted molar refractivity (Wildman–Crippen MR) is 121 cm³/mol. The fourth-order valence-corrected chi connectivity index (χ4v) is 5.86. The van der Waals surface area contributed by atoms with Gasteiger partial charge in [-0.1, -0.05) is 32.9 Å². The molecule has 2 aromatic carbocycles. The maximum atomic E-state index is 13.6. The van der Waals surface area contributed by atoms with Gasteiger partial charge in [-0.2, -0.15) is 4.31 Å². The van der Waals surface area contributed by atoms with Crippen LogP contribution in [0.5, 0.6) is 0 Å². The molecule has 1 saturated heterocycles. The van der Waals surface area contributed by atoms with Gasteiger partial charge in [0.15, 0.2) is 0 Å². The van der Waals surface area contributed by atoms with Crippen LogP contribution in [0.15, 0.2) is 53.4 Å². The third kappa shape index (κ3) is 4.34. The molecule has 1 heterocycles. The fraction of sp³-hybridized carbons (Fsp3) is 0.417. The van der Waals surface area contributed by atoms with E-state index < -0.39 is 39.2 Å². The molecule has 0 radical (unpaired) electrons. The summed E-state index contributed by atoms with van der Waals surface area (Å²) in [7, 11) is -4.18. The molecule has 1 unspecified atom stereocenters. The smallest absolute Gasteiger partial charge is 0.252 e. The van der Waals surface area contributed by atoms with E-state index in [0.717, 1.165) is 26.9 Å². The lowest BCUT2D eigenvalue weighted by atomic mass is 10.00. The van der Waals surface area contributed by atoms with E-state index >= 15 is 0 Å². The highest BCUT2D eigenvalue weighted by atomic mass is 32.2. The molecule has 1 atom stereocenters. The lowest BCUT2D eigenvalue weighted by Crippen LogP contribution is -2.55. The monoisotopic (exact) mass is 460 g/mol. The Kier molecular flexibility index (Phi) is 6.58. The Labute approximate surface area is 189 Å². The Morgan fingerprint density at radius 2 is 1.62 bits per heavy atom. The summed E-state index contributed by atoms with van der Waals surface area (Å²) < 4.78 is 41.7. The summed E-state index contributed by atoms with van der Waals surface area (Å²) in [4.78, 5) is 27.2. The van der Waals surface area contributed by atoms with Crippen LogP contribution in [-0.4, -0.2) is 36.1 Å². The highest BCUT2D eigenvalue weighted by molar-refractivity contribution is 7.89. The van der Waals surface area contributed by atoms with Gasteiger partial charge >= 0.3 is 0 Å². The van der Waals surface area contributed by atoms with Crippen LogP contribution in [-0.2, 0) is 19.6 Å². The number of nitrogens with zero attached hydrogens (tertiary/aromatic N) is 2. The Morgan fingerprint density at radius 1 is 1.06 bits per heavy atom. The zero-order valence-electron chi connectivity index (χ0n) is 19.0. The molecule has 1 fully saturated rings. The second-order valence-electron chi connectivity index (χ2n) is 8.95. The topological polar surface area (TPSA) is 74.8 Å². The van der Waals surface area contributed by atoms with E-state index in [1.54, 1.807) is 26.0 Å². The van der Waals surface area contributed by atoms with Crippen molar-refractivity contribution in [2.75, 3.05) is 4.90 Å². The van der Waals surface area contributed by atoms with E-state index in [0.29, 0.717) is 18.0 Å². The number of carbonyl (C=O) groups is 2. The number of hydrogen-bond donors (Lipinski definition) is 0. The van der Waals surface area contributed by atoms with E-state index in [4.69, 9.17) is 0 Å². The average Bonchev–Trinajstić information content (AvgIpc) is 3.01. The number of benzene rings is 2. The molecular formula is C24H29FN2O4S. The van der Waals surface area contributed by atoms with E-state index in [1.165, 1.54) is 12.1 Å². The molecule has 8 heteroatoms. The van der Waals surface area contributed by atoms with Crippen LogP contribution in [0.3, 0.4) is 0 Å². The molecule has 0 spiro atoms. The first-order valence-electron chi connectivity index (χ1n) is 10.7. The predicted octanol–water partition coefficient (Wildman–Crippen LogP) is 4.46. The summed E-state index contributed by atoms with van der Waals surface area (Å²) in [6.07, 6.45) is 0.156. The zero-order chi connectivity index (χ0) is 23.8. The second kappa shape index (κ2) is 8.75. The van der Waals surface area contributed by atoms with Gasteiger partial charge in [-0.15, -0.1) is 0 Å². The molecule has 32 heavy (non-hydrogen) atoms. The molecule has 1 aliphatic rings. The minimum Gasteiger partial charge on any atom is -0.274 e. The maximum Gasteiger partial charge on any atom is 0.252 e. The Hall–Kier alpha value is -2.58. The van der Waals surface area contributed by atoms with Crippen LogP contribution < -0.4 is 4.90 Å². The Bertz CT molecular complexity index is 1110. The summed E-state index contributed by atoms with van der Waals surface area (Å²) in [5.74, 6) is -1.31. The van der Waals surface area contributed by atoms with Crippen LogP contribution in [0.4, 0.5) is 10.1 Å². The number of carbonyl (C=O) groups excluding carboxylic acids is 2. The number of hydrogen-bond acceptors (Lipinski definition) is 4. The van der Waals surface area contributed by atoms with Crippen molar-refractivity contribution in [3.8, 4) is 0 Å². The van der Waals surface area contributed by atoms with E-state index in [-0.39, 0.29) is 11.3 Å². The third-order valence-corrected chi connectivity index (χ3v) is 8.19. The van der Waals surface area contributed by atoms with Crippen molar-refractivity contribution in [3.63, 3.8) is 0 Å². The highest BCUT2D eigenvalue weighted by Gasteiger charge is 2.51. The molecule has 0 aliphatic carbocycles. The number of imide groups is 1. The van der Waals surface area contributed by atoms with Gasteiger partial charge in [0, 0.05) is 5.54 Å². The summed E-state index contributed by atoms with van der Waals surface area (Å²) >= 11 is 0. The molecule has 2 aromatic rings. The van der Waals surface area contributed by atoms with Crippen molar-refractivity contribution in [1.29, 1.82) is 0 Å². The van der Waals surface area contributed by atoms with Gasteiger partial charge in [0.1, 0.15) is 11.9 Å². The van der Waals surface area contributed by atoms with Gasteiger partial charge < -0.3 is 0 Å². The van der Waals surface area contributed by atoms with Crippen molar-refractivity contribution in [2.24, 2.45) is 0 Å². The number of rotatable bonds is 7. The fourth-order valence-electron chi connectivity index (χ4n) is 3.87. The molecule has 0 bridgehead atoms. The Balaban J connectivity index is 2.04. The van der Waals surface area contributed by atoms with Crippen molar-refractivity contribution in [3.05, 3.63) is 59.9 Å². The summed E-state index contributed by atoms with van der Waals surface area (Å²) in [5, 5.41) is 0. The van der Waals surface area contributed by atoms with Crippen LogP contribution in [0.25, 0.3) is 0 Å². The van der Waals surface area contributed by atoms with Gasteiger partial charge in [-0.3, -0.25) is 9.59 Å². The molecule has 3 rings (SSSR count). The van der Waals surface area contributed by atoms with Crippen LogP contribution in [0, 0.1) is 5.82 Å². The SMILES string of the molecule is CCC(C)(C)N(C1CC(=O)N(c2ccc(C(C)C)cc2)C1=O)S(=O)(=O)c1ccc(F)cc1. The van der Waals surface area contributed by atoms with Gasteiger partial charge in [-0.05, 0) is 68.1 Å². The first-order valence-corrected chi connectivity index (χ1v) is 12.1. The molecule has 0 N–H and O–H groups in total. The molecule has 6 nitrogen and oxygen atoms in total. The average molecular weight is 461 g/mol. The van der Waals surface area contributed by atoms with Crippen molar-refractivity contribution in [2.45, 2.75) is 69.9 Å². The first-order chi connectivity index (χ1) is 14.9. The van der Waals surface area contributed by atoms with E-state index in [2.05, 4.69) is 0 Å². The van der Waals surface area contributed by atoms with Crippen LogP contribution in [0.1, 0.15) is 58.9 Å². The lowest BCUT2D eigenvalue weighted by molar-refractivity contribution is -0.122. The van der Waals surface area contributed by atoms with Gasteiger partial charge in [0.25, 0.3) is 5.91 Å². The minimum absolute atomic E-state index is 0.125. The van der Waals surface area contributed by atoms with E-state index in [9.17, 15) is 22.4 Å². The van der Waals surface area contributed by atoms with Gasteiger partial charge in [-0.25, -0.2) is 17.7 Å². The third-order valence-electron chi connectivity index (χ3n) is 6.06. The van der Waals surface area contributed by atoms with Crippen molar-refractivity contribution >= 4 is 27.5 Å². The second-order valence-corrected chi connectivity index (χ2v) is 10.8. The van der Waals surface area contributed by atoms with Gasteiger partial charge in [0.05, 0.1) is 17.0 Å². The lowest BCUT2D eigenvalue weighted by Gasteiger charge is -2.39. The molecule has 2 amide bonds. The molecule has 172 valence electrons. The number of sulfonamides is 1. The molecular weight excluding hydrogens is 431 g/mol.